The number of H-pyrrole nitrogens is 1. The number of nitrogens with zero attached hydrogens (tertiary/aromatic N) is 1. The van der Waals surface area contributed by atoms with Crippen molar-refractivity contribution in [3.63, 3.8) is 0 Å². The van der Waals surface area contributed by atoms with Crippen LogP contribution < -0.4 is 5.73 Å². The molecule has 14 heavy (non-hydrogen) atoms. The molecule has 2 aromatic rings. The molecule has 0 aliphatic heterocycles. The molecule has 0 saturated carbocycles. The summed E-state index contributed by atoms with van der Waals surface area (Å²) in [4.78, 5) is 7.49. The first-order chi connectivity index (χ1) is 5.77. The molecule has 0 radical (unpaired) electrons. The smallest absolute Gasteiger partial charge is 0.123 e. The maximum absolute atomic E-state index is 5.68. The second-order valence-corrected chi connectivity index (χ2v) is 2.93. The summed E-state index contributed by atoms with van der Waals surface area (Å²) < 4.78 is 0. The average Bonchev–Trinajstić information content (AvgIpc) is 2.46. The number of nitrogens with two attached hydrogens (primary N) is 1. The van der Waals surface area contributed by atoms with E-state index in [1.807, 2.05) is 31.2 Å². The number of imidazole rings is 1. The lowest BCUT2D eigenvalue weighted by molar-refractivity contribution is 0.760. The minimum Gasteiger partial charge on any atom is -0.341 e. The molecule has 5 heteroatoms. The summed E-state index contributed by atoms with van der Waals surface area (Å²) in [5, 5.41) is 0. The highest BCUT2D eigenvalue weighted by atomic mass is 35.5. The molecular formula is C9H13Cl2N3. The minimum absolute atomic E-state index is 0. The van der Waals surface area contributed by atoms with E-state index in [1.165, 1.54) is 0 Å². The number of rotatable bonds is 1. The van der Waals surface area contributed by atoms with Crippen molar-refractivity contribution in [3.05, 3.63) is 30.1 Å². The van der Waals surface area contributed by atoms with Gasteiger partial charge in [0.25, 0.3) is 0 Å². The molecule has 0 aliphatic rings. The SMILES string of the molecule is CC(N)c1nc2ccccc2[nH]1.Cl.Cl. The van der Waals surface area contributed by atoms with Crippen molar-refractivity contribution in [1.29, 1.82) is 0 Å². The van der Waals surface area contributed by atoms with E-state index in [-0.39, 0.29) is 30.9 Å². The fraction of sp³-hybridized carbons (Fsp3) is 0.222. The van der Waals surface area contributed by atoms with Crippen LogP contribution in [0.15, 0.2) is 24.3 Å². The molecule has 0 fully saturated rings. The summed E-state index contributed by atoms with van der Waals surface area (Å²) in [5.41, 5.74) is 7.71. The summed E-state index contributed by atoms with van der Waals surface area (Å²) in [5.74, 6) is 0.844. The van der Waals surface area contributed by atoms with Gasteiger partial charge in [-0.2, -0.15) is 0 Å². The normalized spacial score (nSPS) is 11.6. The summed E-state index contributed by atoms with van der Waals surface area (Å²) in [6.45, 7) is 1.91. The predicted molar refractivity (Wildman–Crippen MR) is 63.2 cm³/mol. The molecule has 0 spiro atoms. The van der Waals surface area contributed by atoms with E-state index in [4.69, 9.17) is 5.73 Å². The largest absolute Gasteiger partial charge is 0.341 e. The minimum atomic E-state index is -0.0302. The molecule has 78 valence electrons. The summed E-state index contributed by atoms with van der Waals surface area (Å²) >= 11 is 0. The molecule has 1 aromatic carbocycles. The highest BCUT2D eigenvalue weighted by Gasteiger charge is 2.04. The molecule has 1 aromatic heterocycles. The van der Waals surface area contributed by atoms with Crippen LogP contribution in [0, 0.1) is 0 Å². The Morgan fingerprint density at radius 3 is 2.50 bits per heavy atom. The van der Waals surface area contributed by atoms with Crippen molar-refractivity contribution < 1.29 is 0 Å². The number of nitrogens with one attached hydrogen (secondary N) is 1. The third-order valence-electron chi connectivity index (χ3n) is 1.84. The Bertz CT molecular complexity index is 365. The quantitative estimate of drug-likeness (QED) is 0.796. The van der Waals surface area contributed by atoms with Crippen molar-refractivity contribution in [2.45, 2.75) is 13.0 Å². The number of aromatic nitrogens is 2. The zero-order valence-corrected chi connectivity index (χ0v) is 9.36. The van der Waals surface area contributed by atoms with Gasteiger partial charge in [-0.3, -0.25) is 0 Å². The van der Waals surface area contributed by atoms with Gasteiger partial charge in [0.1, 0.15) is 5.82 Å². The van der Waals surface area contributed by atoms with E-state index < -0.39 is 0 Å². The molecule has 0 amide bonds. The number of aromatic amines is 1. The van der Waals surface area contributed by atoms with Crippen molar-refractivity contribution in [1.82, 2.24) is 9.97 Å². The fourth-order valence-corrected chi connectivity index (χ4v) is 1.19. The van der Waals surface area contributed by atoms with Gasteiger partial charge in [-0.05, 0) is 19.1 Å². The van der Waals surface area contributed by atoms with Crippen LogP contribution in [0.3, 0.4) is 0 Å². The second kappa shape index (κ2) is 5.20. The molecule has 0 bridgehead atoms. The zero-order chi connectivity index (χ0) is 8.55. The average molecular weight is 234 g/mol. The fourth-order valence-electron chi connectivity index (χ4n) is 1.19. The maximum atomic E-state index is 5.68. The van der Waals surface area contributed by atoms with E-state index in [1.54, 1.807) is 0 Å². The van der Waals surface area contributed by atoms with Crippen LogP contribution in [-0.2, 0) is 0 Å². The van der Waals surface area contributed by atoms with Crippen LogP contribution in [-0.4, -0.2) is 9.97 Å². The maximum Gasteiger partial charge on any atom is 0.123 e. The van der Waals surface area contributed by atoms with E-state index in [2.05, 4.69) is 9.97 Å². The third kappa shape index (κ3) is 2.38. The van der Waals surface area contributed by atoms with Crippen LogP contribution in [0.25, 0.3) is 11.0 Å². The molecule has 0 aliphatic carbocycles. The number of hydrogen-bond acceptors (Lipinski definition) is 2. The van der Waals surface area contributed by atoms with Gasteiger partial charge < -0.3 is 10.7 Å². The van der Waals surface area contributed by atoms with Gasteiger partial charge >= 0.3 is 0 Å². The Hall–Kier alpha value is -0.770. The molecule has 3 nitrogen and oxygen atoms in total. The molecule has 2 rings (SSSR count). The molecule has 0 saturated heterocycles. The highest BCUT2D eigenvalue weighted by Crippen LogP contribution is 2.13. The lowest BCUT2D eigenvalue weighted by Crippen LogP contribution is -2.06. The van der Waals surface area contributed by atoms with Gasteiger partial charge in [0, 0.05) is 0 Å². The first-order valence-electron chi connectivity index (χ1n) is 3.97. The lowest BCUT2D eigenvalue weighted by atomic mass is 10.3. The van der Waals surface area contributed by atoms with E-state index in [9.17, 15) is 0 Å². The molecule has 3 N–H and O–H groups in total. The van der Waals surface area contributed by atoms with E-state index in [0.717, 1.165) is 16.9 Å². The number of fused-ring (bicyclic) bond motifs is 1. The third-order valence-corrected chi connectivity index (χ3v) is 1.84. The highest BCUT2D eigenvalue weighted by molar-refractivity contribution is 5.85. The molecule has 1 heterocycles. The molecule has 1 atom stereocenters. The number of para-hydroxylation sites is 2. The van der Waals surface area contributed by atoms with Crippen LogP contribution in [0.5, 0.6) is 0 Å². The lowest BCUT2D eigenvalue weighted by Gasteiger charge is -1.96. The van der Waals surface area contributed by atoms with Crippen molar-refractivity contribution in [2.24, 2.45) is 5.73 Å². The van der Waals surface area contributed by atoms with Crippen molar-refractivity contribution >= 4 is 35.8 Å². The first-order valence-corrected chi connectivity index (χ1v) is 3.97. The summed E-state index contributed by atoms with van der Waals surface area (Å²) in [6, 6.07) is 7.88. The predicted octanol–water partition coefficient (Wildman–Crippen LogP) is 2.43. The zero-order valence-electron chi connectivity index (χ0n) is 7.73. The van der Waals surface area contributed by atoms with Gasteiger partial charge in [-0.15, -0.1) is 24.8 Å². The van der Waals surface area contributed by atoms with Crippen molar-refractivity contribution in [2.75, 3.05) is 0 Å². The van der Waals surface area contributed by atoms with Gasteiger partial charge in [0.2, 0.25) is 0 Å². The van der Waals surface area contributed by atoms with Crippen LogP contribution >= 0.6 is 24.8 Å². The van der Waals surface area contributed by atoms with Gasteiger partial charge in [0.15, 0.2) is 0 Å². The molecule has 1 unspecified atom stereocenters. The monoisotopic (exact) mass is 233 g/mol. The van der Waals surface area contributed by atoms with E-state index in [0.29, 0.717) is 0 Å². The first kappa shape index (κ1) is 13.2. The van der Waals surface area contributed by atoms with Crippen molar-refractivity contribution in [3.8, 4) is 0 Å². The Balaban J connectivity index is 0.000000845. The topological polar surface area (TPSA) is 54.7 Å². The van der Waals surface area contributed by atoms with Gasteiger partial charge in [0.05, 0.1) is 17.1 Å². The number of hydrogen-bond donors (Lipinski definition) is 2. The van der Waals surface area contributed by atoms with E-state index >= 15 is 0 Å². The van der Waals surface area contributed by atoms with Gasteiger partial charge in [-0.1, -0.05) is 12.1 Å². The summed E-state index contributed by atoms with van der Waals surface area (Å²) in [6.07, 6.45) is 0. The number of halogens is 2. The second-order valence-electron chi connectivity index (χ2n) is 2.93. The number of benzene rings is 1. The Morgan fingerprint density at radius 2 is 1.93 bits per heavy atom. The van der Waals surface area contributed by atoms with Crippen LogP contribution in [0.1, 0.15) is 18.8 Å². The summed E-state index contributed by atoms with van der Waals surface area (Å²) in [7, 11) is 0. The standard InChI is InChI=1S/C9H11N3.2ClH/c1-6(10)9-11-7-4-2-3-5-8(7)12-9;;/h2-6H,10H2,1H3,(H,11,12);2*1H. The van der Waals surface area contributed by atoms with Gasteiger partial charge in [-0.25, -0.2) is 4.98 Å². The van der Waals surface area contributed by atoms with Crippen LogP contribution in [0.2, 0.25) is 0 Å². The molecular weight excluding hydrogens is 221 g/mol. The Morgan fingerprint density at radius 1 is 1.29 bits per heavy atom. The Labute approximate surface area is 94.9 Å². The van der Waals surface area contributed by atoms with Crippen LogP contribution in [0.4, 0.5) is 0 Å². The Kier molecular flexibility index (Phi) is 4.91.